The zero-order chi connectivity index (χ0) is 23.3. The minimum Gasteiger partial charge on any atom is -0.444 e. The first-order chi connectivity index (χ1) is 14.4. The van der Waals surface area contributed by atoms with Crippen LogP contribution in [-0.4, -0.2) is 95.2 Å². The molecule has 0 saturated carbocycles. The molecule has 4 atom stereocenters. The maximum Gasteiger partial charge on any atom is 0.410 e. The summed E-state index contributed by atoms with van der Waals surface area (Å²) in [6, 6.07) is 1.94. The molecule has 2 amide bonds. The van der Waals surface area contributed by atoms with E-state index in [2.05, 4.69) is 15.4 Å². The van der Waals surface area contributed by atoms with Gasteiger partial charge in [0.15, 0.2) is 0 Å². The Labute approximate surface area is 221 Å². The minimum absolute atomic E-state index is 0. The van der Waals surface area contributed by atoms with Gasteiger partial charge in [-0.3, -0.25) is 14.4 Å². The van der Waals surface area contributed by atoms with E-state index in [0.29, 0.717) is 24.2 Å². The lowest BCUT2D eigenvalue weighted by Gasteiger charge is -2.30. The molecule has 4 bridgehead atoms. The molecular weight excluding hydrogens is 503 g/mol. The summed E-state index contributed by atoms with van der Waals surface area (Å²) in [4.78, 5) is 46.1. The van der Waals surface area contributed by atoms with Crippen LogP contribution in [0.25, 0.3) is 0 Å². The summed E-state index contributed by atoms with van der Waals surface area (Å²) in [5, 5.41) is 6.70. The quantitative estimate of drug-likeness (QED) is 0.341. The third-order valence-corrected chi connectivity index (χ3v) is 5.43. The van der Waals surface area contributed by atoms with Gasteiger partial charge >= 0.3 is 18.0 Å². The number of rotatable bonds is 0. The van der Waals surface area contributed by atoms with Gasteiger partial charge in [-0.1, -0.05) is 7.43 Å². The van der Waals surface area contributed by atoms with Crippen LogP contribution in [0.1, 0.15) is 61.8 Å². The van der Waals surface area contributed by atoms with Crippen molar-refractivity contribution in [1.29, 1.82) is 0 Å². The van der Waals surface area contributed by atoms with Crippen molar-refractivity contribution < 1.29 is 34.1 Å². The van der Waals surface area contributed by atoms with E-state index >= 15 is 0 Å². The zero-order valence-corrected chi connectivity index (χ0v) is 22.3. The fourth-order valence-electron chi connectivity index (χ4n) is 4.25. The molecule has 4 N–H and O–H groups in total. The molecule has 0 aromatic heterocycles. The van der Waals surface area contributed by atoms with Crippen LogP contribution in [0.3, 0.4) is 0 Å². The van der Waals surface area contributed by atoms with Crippen molar-refractivity contribution in [2.45, 2.75) is 91.6 Å². The van der Waals surface area contributed by atoms with Gasteiger partial charge in [-0.05, 0) is 33.6 Å². The van der Waals surface area contributed by atoms with Crippen molar-refractivity contribution in [2.75, 3.05) is 26.2 Å². The Kier molecular flexibility index (Phi) is 17.5. The maximum absolute atomic E-state index is 11.7. The number of fused-ring (bicyclic) bond motifs is 4. The molecule has 0 spiro atoms. The summed E-state index contributed by atoms with van der Waals surface area (Å²) in [6.07, 6.45) is 2.09. The molecule has 4 aliphatic heterocycles. The average Bonchev–Trinajstić information content (AvgIpc) is 3.40. The molecule has 0 aromatic carbocycles. The number of halogens is 2. The summed E-state index contributed by atoms with van der Waals surface area (Å²) in [7, 11) is 0. The first kappa shape index (κ1) is 37.9. The highest BCUT2D eigenvalue weighted by molar-refractivity contribution is 5.85. The fourth-order valence-corrected chi connectivity index (χ4v) is 4.25. The third-order valence-electron chi connectivity index (χ3n) is 5.43. The van der Waals surface area contributed by atoms with Gasteiger partial charge in [-0.15, -0.1) is 24.8 Å². The van der Waals surface area contributed by atoms with Crippen molar-refractivity contribution in [3.05, 3.63) is 0 Å². The smallest absolute Gasteiger partial charge is 0.410 e. The first-order valence-corrected chi connectivity index (χ1v) is 10.8. The largest absolute Gasteiger partial charge is 0.444 e. The van der Waals surface area contributed by atoms with Crippen molar-refractivity contribution in [3.63, 3.8) is 0 Å². The highest BCUT2D eigenvalue weighted by atomic mass is 35.5. The topological polar surface area (TPSA) is 149 Å². The SMILES string of the molecule is C.CC(=O)N1C[C@@H]2C[C@H]1CN2.CC(=O)OC(C)=O.CC(C)(C)OC(=O)N1C[C@@H]2C[C@H]1CN2.Cl.Cl.O. The Morgan fingerprint density at radius 1 is 0.800 bits per heavy atom. The van der Waals surface area contributed by atoms with E-state index in [-0.39, 0.29) is 55.3 Å². The number of esters is 2. The molecule has 4 saturated heterocycles. The average molecular weight is 548 g/mol. The van der Waals surface area contributed by atoms with E-state index in [9.17, 15) is 19.2 Å². The van der Waals surface area contributed by atoms with Crippen molar-refractivity contribution >= 4 is 48.8 Å². The van der Waals surface area contributed by atoms with Gasteiger partial charge in [-0.25, -0.2) is 4.79 Å². The lowest BCUT2D eigenvalue weighted by molar-refractivity contribution is -0.156. The number of nitrogens with zero attached hydrogens (tertiary/aromatic N) is 2. The van der Waals surface area contributed by atoms with Gasteiger partial charge in [0.2, 0.25) is 5.91 Å². The molecule has 4 heterocycles. The highest BCUT2D eigenvalue weighted by Crippen LogP contribution is 2.25. The lowest BCUT2D eigenvalue weighted by atomic mass is 10.2. The predicted molar refractivity (Wildman–Crippen MR) is 138 cm³/mol. The zero-order valence-electron chi connectivity index (χ0n) is 20.7. The second-order valence-corrected chi connectivity index (χ2v) is 9.38. The number of hydrogen-bond acceptors (Lipinski definition) is 8. The molecule has 4 rings (SSSR count). The Morgan fingerprint density at radius 2 is 1.20 bits per heavy atom. The molecule has 11 nitrogen and oxygen atoms in total. The second kappa shape index (κ2) is 16.2. The van der Waals surface area contributed by atoms with Crippen molar-refractivity contribution in [2.24, 2.45) is 0 Å². The number of carbonyl (C=O) groups is 4. The molecule has 0 unspecified atom stereocenters. The van der Waals surface area contributed by atoms with E-state index in [1.54, 1.807) is 6.92 Å². The van der Waals surface area contributed by atoms with Gasteiger partial charge in [0, 0.05) is 71.1 Å². The van der Waals surface area contributed by atoms with Crippen molar-refractivity contribution in [3.8, 4) is 0 Å². The van der Waals surface area contributed by atoms with Crippen LogP contribution in [0.2, 0.25) is 0 Å². The van der Waals surface area contributed by atoms with Crippen LogP contribution >= 0.6 is 24.8 Å². The van der Waals surface area contributed by atoms with E-state index in [0.717, 1.165) is 32.6 Å². The van der Waals surface area contributed by atoms with Crippen LogP contribution in [0, 0.1) is 0 Å². The van der Waals surface area contributed by atoms with Gasteiger partial charge in [0.1, 0.15) is 5.60 Å². The fraction of sp³-hybridized carbons (Fsp3) is 0.818. The van der Waals surface area contributed by atoms with Gasteiger partial charge in [0.05, 0.1) is 0 Å². The molecule has 4 fully saturated rings. The van der Waals surface area contributed by atoms with Crippen LogP contribution in [-0.2, 0) is 23.9 Å². The Hall–Kier alpha value is -1.66. The number of piperazine rings is 2. The monoisotopic (exact) mass is 546 g/mol. The standard InChI is InChI=1S/C10H18N2O2.C7H12N2O.C4H6O3.CH4.2ClH.H2O/c1-10(2,3)14-9(13)12-6-7-4-8(12)5-11-7;1-5(10)9-4-6-2-7(9)3-8-6;1-3(5)7-4(2)6;;;;/h7-8,11H,4-6H2,1-3H3;6-8H,2-4H2,1H3;1-2H3;1H4;2*1H;1H2/t7-,8-;6-,7-;;;;;/m00...../s1. The number of carbonyl (C=O) groups excluding carboxylic acids is 4. The molecule has 4 aliphatic rings. The lowest BCUT2D eigenvalue weighted by Crippen LogP contribution is -2.48. The van der Waals surface area contributed by atoms with Gasteiger partial charge in [0.25, 0.3) is 0 Å². The van der Waals surface area contributed by atoms with E-state index < -0.39 is 11.9 Å². The highest BCUT2D eigenvalue weighted by Gasteiger charge is 2.41. The molecule has 0 aliphatic carbocycles. The molecule has 35 heavy (non-hydrogen) atoms. The minimum atomic E-state index is -0.562. The summed E-state index contributed by atoms with van der Waals surface area (Å²) < 4.78 is 9.31. The van der Waals surface area contributed by atoms with E-state index in [4.69, 9.17) is 4.74 Å². The summed E-state index contributed by atoms with van der Waals surface area (Å²) >= 11 is 0. The van der Waals surface area contributed by atoms with E-state index in [1.165, 1.54) is 20.3 Å². The summed E-state index contributed by atoms with van der Waals surface area (Å²) in [5.41, 5.74) is -0.383. The number of ether oxygens (including phenoxy) is 2. The van der Waals surface area contributed by atoms with E-state index in [1.807, 2.05) is 30.6 Å². The normalized spacial score (nSPS) is 24.5. The van der Waals surface area contributed by atoms with Crippen LogP contribution in [0.4, 0.5) is 4.79 Å². The third kappa shape index (κ3) is 12.2. The molecule has 13 heteroatoms. The first-order valence-electron chi connectivity index (χ1n) is 10.8. The Bertz CT molecular complexity index is 694. The number of hydrogen-bond donors (Lipinski definition) is 2. The van der Waals surface area contributed by atoms with Gasteiger partial charge < -0.3 is 35.4 Å². The Balaban J connectivity index is -0.000000438. The molecule has 208 valence electrons. The van der Waals surface area contributed by atoms with Crippen LogP contribution in [0.5, 0.6) is 0 Å². The second-order valence-electron chi connectivity index (χ2n) is 9.38. The van der Waals surface area contributed by atoms with Crippen molar-refractivity contribution in [1.82, 2.24) is 20.4 Å². The van der Waals surface area contributed by atoms with Gasteiger partial charge in [-0.2, -0.15) is 0 Å². The molecule has 0 radical (unpaired) electrons. The Morgan fingerprint density at radius 3 is 1.40 bits per heavy atom. The summed E-state index contributed by atoms with van der Waals surface area (Å²) in [5.74, 6) is -0.894. The number of likely N-dealkylation sites (tertiary alicyclic amines) is 2. The maximum atomic E-state index is 11.7. The molecular formula is C22H44Cl2N4O7. The number of amides is 2. The molecule has 0 aromatic rings. The summed E-state index contributed by atoms with van der Waals surface area (Å²) in [6.45, 7) is 13.4. The van der Waals surface area contributed by atoms with Crippen LogP contribution < -0.4 is 10.6 Å². The van der Waals surface area contributed by atoms with Crippen LogP contribution in [0.15, 0.2) is 0 Å². The number of nitrogens with one attached hydrogen (secondary N) is 2. The predicted octanol–water partition coefficient (Wildman–Crippen LogP) is 1.30.